The third-order valence-electron chi connectivity index (χ3n) is 2.22. The van der Waals surface area contributed by atoms with Gasteiger partial charge in [-0.25, -0.2) is 0 Å². The molecular weight excluding hydrogens is 182 g/mol. The Hall–Kier alpha value is -1.55. The average molecular weight is 195 g/mol. The van der Waals surface area contributed by atoms with Gasteiger partial charge in [0.2, 0.25) is 0 Å². The molecule has 4 N–H and O–H groups in total. The average Bonchev–Trinajstić information content (AvgIpc) is 2.15. The van der Waals surface area contributed by atoms with Crippen LogP contribution in [0.5, 0.6) is 5.75 Å². The Balaban J connectivity index is 2.89. The molecule has 0 amide bonds. The molecule has 0 aliphatic rings. The summed E-state index contributed by atoms with van der Waals surface area (Å²) in [6, 6.07) is 5.51. The van der Waals surface area contributed by atoms with Crippen molar-refractivity contribution in [1.29, 1.82) is 0 Å². The molecule has 4 nitrogen and oxygen atoms in total. The first-order valence-corrected chi connectivity index (χ1v) is 4.29. The fourth-order valence-electron chi connectivity index (χ4n) is 1.23. The van der Waals surface area contributed by atoms with E-state index in [4.69, 9.17) is 10.8 Å². The number of hydrogen-bond acceptors (Lipinski definition) is 3. The molecule has 0 saturated carbocycles. The van der Waals surface area contributed by atoms with E-state index in [2.05, 4.69) is 0 Å². The number of aromatic hydroxyl groups is 1. The van der Waals surface area contributed by atoms with E-state index < -0.39 is 12.0 Å². The van der Waals surface area contributed by atoms with E-state index in [0.717, 1.165) is 5.56 Å². The van der Waals surface area contributed by atoms with Crippen LogP contribution in [0.25, 0.3) is 0 Å². The summed E-state index contributed by atoms with van der Waals surface area (Å²) in [5.74, 6) is -1.24. The summed E-state index contributed by atoms with van der Waals surface area (Å²) in [6.07, 6.45) is 0. The molecule has 2 atom stereocenters. The molecule has 4 heteroatoms. The SMILES string of the molecule is CC(c1cccc(O)c1)C(N)C(=O)O. The number of aliphatic carboxylic acids is 1. The molecule has 0 bridgehead atoms. The van der Waals surface area contributed by atoms with Crippen LogP contribution >= 0.6 is 0 Å². The van der Waals surface area contributed by atoms with Crippen LogP contribution in [-0.4, -0.2) is 22.2 Å². The first kappa shape index (κ1) is 10.5. The van der Waals surface area contributed by atoms with Crippen molar-refractivity contribution in [3.63, 3.8) is 0 Å². The van der Waals surface area contributed by atoms with Gasteiger partial charge < -0.3 is 15.9 Å². The lowest BCUT2D eigenvalue weighted by atomic mass is 9.94. The number of phenols is 1. The number of carboxylic acids is 1. The quantitative estimate of drug-likeness (QED) is 0.669. The second kappa shape index (κ2) is 4.11. The first-order chi connectivity index (χ1) is 6.52. The van der Waals surface area contributed by atoms with Gasteiger partial charge in [0.05, 0.1) is 0 Å². The molecule has 0 spiro atoms. The Labute approximate surface area is 82.0 Å². The highest BCUT2D eigenvalue weighted by molar-refractivity contribution is 5.74. The molecule has 0 saturated heterocycles. The zero-order valence-electron chi connectivity index (χ0n) is 7.84. The van der Waals surface area contributed by atoms with Gasteiger partial charge in [-0.05, 0) is 17.7 Å². The molecule has 0 aromatic heterocycles. The molecule has 0 radical (unpaired) electrons. The number of rotatable bonds is 3. The van der Waals surface area contributed by atoms with Crippen molar-refractivity contribution in [3.05, 3.63) is 29.8 Å². The largest absolute Gasteiger partial charge is 0.508 e. The van der Waals surface area contributed by atoms with Gasteiger partial charge in [-0.1, -0.05) is 19.1 Å². The second-order valence-corrected chi connectivity index (χ2v) is 3.25. The smallest absolute Gasteiger partial charge is 0.321 e. The van der Waals surface area contributed by atoms with Crippen molar-refractivity contribution in [2.24, 2.45) is 5.73 Å². The highest BCUT2D eigenvalue weighted by Crippen LogP contribution is 2.21. The number of carbonyl (C=O) groups is 1. The summed E-state index contributed by atoms with van der Waals surface area (Å²) in [5, 5.41) is 17.9. The monoisotopic (exact) mass is 195 g/mol. The zero-order chi connectivity index (χ0) is 10.7. The molecule has 1 rings (SSSR count). The maximum absolute atomic E-state index is 10.6. The van der Waals surface area contributed by atoms with Crippen LogP contribution in [0, 0.1) is 0 Å². The Kier molecular flexibility index (Phi) is 3.09. The number of benzene rings is 1. The van der Waals surface area contributed by atoms with Gasteiger partial charge >= 0.3 is 5.97 Å². The van der Waals surface area contributed by atoms with Crippen LogP contribution in [-0.2, 0) is 4.79 Å². The summed E-state index contributed by atoms with van der Waals surface area (Å²) in [5.41, 5.74) is 6.18. The number of carboxylic acid groups (broad SMARTS) is 1. The van der Waals surface area contributed by atoms with Gasteiger partial charge in [-0.3, -0.25) is 4.79 Å². The van der Waals surface area contributed by atoms with E-state index in [9.17, 15) is 9.90 Å². The zero-order valence-corrected chi connectivity index (χ0v) is 7.84. The normalized spacial score (nSPS) is 14.7. The summed E-state index contributed by atoms with van der Waals surface area (Å²) in [7, 11) is 0. The first-order valence-electron chi connectivity index (χ1n) is 4.29. The van der Waals surface area contributed by atoms with Gasteiger partial charge in [-0.15, -0.1) is 0 Å². The van der Waals surface area contributed by atoms with Gasteiger partial charge in [-0.2, -0.15) is 0 Å². The lowest BCUT2D eigenvalue weighted by Crippen LogP contribution is -2.35. The third-order valence-corrected chi connectivity index (χ3v) is 2.22. The minimum atomic E-state index is -1.04. The summed E-state index contributed by atoms with van der Waals surface area (Å²) in [4.78, 5) is 10.6. The van der Waals surface area contributed by atoms with Crippen molar-refractivity contribution in [1.82, 2.24) is 0 Å². The van der Waals surface area contributed by atoms with E-state index in [-0.39, 0.29) is 11.7 Å². The molecule has 0 aliphatic carbocycles. The van der Waals surface area contributed by atoms with Gasteiger partial charge in [0, 0.05) is 5.92 Å². The topological polar surface area (TPSA) is 83.5 Å². The van der Waals surface area contributed by atoms with Crippen LogP contribution < -0.4 is 5.73 Å². The van der Waals surface area contributed by atoms with Crippen molar-refractivity contribution in [3.8, 4) is 5.75 Å². The molecule has 14 heavy (non-hydrogen) atoms. The second-order valence-electron chi connectivity index (χ2n) is 3.25. The van der Waals surface area contributed by atoms with Crippen LogP contribution in [0.3, 0.4) is 0 Å². The molecule has 2 unspecified atom stereocenters. The van der Waals surface area contributed by atoms with E-state index >= 15 is 0 Å². The number of hydrogen-bond donors (Lipinski definition) is 3. The highest BCUT2D eigenvalue weighted by Gasteiger charge is 2.21. The minimum absolute atomic E-state index is 0.118. The third kappa shape index (κ3) is 2.23. The van der Waals surface area contributed by atoms with Crippen molar-refractivity contribution >= 4 is 5.97 Å². The van der Waals surface area contributed by atoms with Crippen molar-refractivity contribution in [2.45, 2.75) is 18.9 Å². The van der Waals surface area contributed by atoms with E-state index in [0.29, 0.717) is 0 Å². The van der Waals surface area contributed by atoms with E-state index in [1.807, 2.05) is 0 Å². The summed E-state index contributed by atoms with van der Waals surface area (Å²) in [6.45, 7) is 1.72. The summed E-state index contributed by atoms with van der Waals surface area (Å²) < 4.78 is 0. The summed E-state index contributed by atoms with van der Waals surface area (Å²) >= 11 is 0. The minimum Gasteiger partial charge on any atom is -0.508 e. The maximum atomic E-state index is 10.6. The highest BCUT2D eigenvalue weighted by atomic mass is 16.4. The fraction of sp³-hybridized carbons (Fsp3) is 0.300. The Morgan fingerprint density at radius 1 is 1.50 bits per heavy atom. The Morgan fingerprint density at radius 2 is 2.14 bits per heavy atom. The van der Waals surface area contributed by atoms with Gasteiger partial charge in [0.1, 0.15) is 11.8 Å². The van der Waals surface area contributed by atoms with Crippen LogP contribution in [0.4, 0.5) is 0 Å². The molecule has 1 aromatic rings. The van der Waals surface area contributed by atoms with E-state index in [1.54, 1.807) is 19.1 Å². The predicted molar refractivity (Wildman–Crippen MR) is 52.1 cm³/mol. The van der Waals surface area contributed by atoms with Crippen LogP contribution in [0.1, 0.15) is 18.4 Å². The van der Waals surface area contributed by atoms with Crippen molar-refractivity contribution < 1.29 is 15.0 Å². The molecule has 0 aliphatic heterocycles. The standard InChI is InChI=1S/C10H13NO3/c1-6(9(11)10(13)14)7-3-2-4-8(12)5-7/h2-6,9,12H,11H2,1H3,(H,13,14). The number of phenolic OH excluding ortho intramolecular Hbond substituents is 1. The van der Waals surface area contributed by atoms with Crippen LogP contribution in [0.2, 0.25) is 0 Å². The van der Waals surface area contributed by atoms with E-state index in [1.165, 1.54) is 12.1 Å². The lowest BCUT2D eigenvalue weighted by molar-refractivity contribution is -0.139. The maximum Gasteiger partial charge on any atom is 0.321 e. The number of nitrogens with two attached hydrogens (primary N) is 1. The molecule has 0 heterocycles. The predicted octanol–water partition coefficient (Wildman–Crippen LogP) is 0.908. The van der Waals surface area contributed by atoms with Gasteiger partial charge in [0.15, 0.2) is 0 Å². The molecule has 0 fully saturated rings. The molecule has 1 aromatic carbocycles. The lowest BCUT2D eigenvalue weighted by Gasteiger charge is -2.16. The van der Waals surface area contributed by atoms with Crippen molar-refractivity contribution in [2.75, 3.05) is 0 Å². The Bertz CT molecular complexity index is 338. The Morgan fingerprint density at radius 3 is 2.64 bits per heavy atom. The molecule has 76 valence electrons. The molecular formula is C10H13NO3. The van der Waals surface area contributed by atoms with Crippen LogP contribution in [0.15, 0.2) is 24.3 Å². The van der Waals surface area contributed by atoms with Gasteiger partial charge in [0.25, 0.3) is 0 Å². The fourth-order valence-corrected chi connectivity index (χ4v) is 1.23.